The summed E-state index contributed by atoms with van der Waals surface area (Å²) in [6, 6.07) is 0.374. The van der Waals surface area contributed by atoms with Gasteiger partial charge < -0.3 is 10.4 Å². The van der Waals surface area contributed by atoms with E-state index in [1.807, 2.05) is 20.8 Å². The fourth-order valence-electron chi connectivity index (χ4n) is 1.30. The van der Waals surface area contributed by atoms with Crippen LogP contribution in [0.15, 0.2) is 0 Å². The molecular formula is C11H23NO2. The van der Waals surface area contributed by atoms with Crippen LogP contribution in [0.5, 0.6) is 0 Å². The maximum absolute atomic E-state index is 11.7. The van der Waals surface area contributed by atoms with Crippen LogP contribution >= 0.6 is 0 Å². The summed E-state index contributed by atoms with van der Waals surface area (Å²) in [5, 5.41) is 12.8. The van der Waals surface area contributed by atoms with E-state index in [0.29, 0.717) is 12.6 Å². The van der Waals surface area contributed by atoms with Crippen LogP contribution in [0.4, 0.5) is 0 Å². The van der Waals surface area contributed by atoms with Gasteiger partial charge in [-0.25, -0.2) is 0 Å². The number of nitrogens with one attached hydrogen (secondary N) is 1. The number of aliphatic hydroxyl groups is 1. The first-order chi connectivity index (χ1) is 6.29. The van der Waals surface area contributed by atoms with Gasteiger partial charge >= 0.3 is 0 Å². The zero-order valence-corrected chi connectivity index (χ0v) is 9.92. The summed E-state index contributed by atoms with van der Waals surface area (Å²) in [6.45, 7) is 9.80. The molecule has 0 aliphatic carbocycles. The summed E-state index contributed by atoms with van der Waals surface area (Å²) in [5.41, 5.74) is -1.21. The second-order valence-corrected chi connectivity index (χ2v) is 4.59. The van der Waals surface area contributed by atoms with E-state index in [1.165, 1.54) is 0 Å². The summed E-state index contributed by atoms with van der Waals surface area (Å²) >= 11 is 0. The lowest BCUT2D eigenvalue weighted by Gasteiger charge is -2.23. The third-order valence-corrected chi connectivity index (χ3v) is 2.24. The predicted molar refractivity (Wildman–Crippen MR) is 58.2 cm³/mol. The minimum Gasteiger partial charge on any atom is -0.383 e. The lowest BCUT2D eigenvalue weighted by Crippen LogP contribution is -2.42. The zero-order chi connectivity index (χ0) is 11.4. The van der Waals surface area contributed by atoms with E-state index in [-0.39, 0.29) is 11.7 Å². The van der Waals surface area contributed by atoms with E-state index in [1.54, 1.807) is 13.8 Å². The summed E-state index contributed by atoms with van der Waals surface area (Å²) in [7, 11) is 0. The lowest BCUT2D eigenvalue weighted by atomic mass is 9.89. The van der Waals surface area contributed by atoms with Gasteiger partial charge in [-0.05, 0) is 20.3 Å². The molecule has 0 aromatic heterocycles. The highest BCUT2D eigenvalue weighted by Gasteiger charge is 2.30. The Hall–Kier alpha value is -0.410. The van der Waals surface area contributed by atoms with Crippen LogP contribution in [0.1, 0.15) is 41.0 Å². The Morgan fingerprint density at radius 2 is 1.93 bits per heavy atom. The monoisotopic (exact) mass is 201 g/mol. The molecule has 0 fully saturated rings. The van der Waals surface area contributed by atoms with Crippen LogP contribution in [0, 0.1) is 5.92 Å². The number of Topliss-reactive ketones (excluding diaryl/α,β-unsaturated/α-hetero) is 1. The highest BCUT2D eigenvalue weighted by atomic mass is 16.3. The van der Waals surface area contributed by atoms with Crippen LogP contribution in [0.2, 0.25) is 0 Å². The number of hydrogen-bond donors (Lipinski definition) is 2. The molecule has 0 aliphatic rings. The molecule has 0 saturated carbocycles. The van der Waals surface area contributed by atoms with Crippen molar-refractivity contribution in [3.8, 4) is 0 Å². The van der Waals surface area contributed by atoms with Gasteiger partial charge in [-0.2, -0.15) is 0 Å². The Balaban J connectivity index is 4.21. The molecule has 1 atom stereocenters. The summed E-state index contributed by atoms with van der Waals surface area (Å²) < 4.78 is 0. The van der Waals surface area contributed by atoms with Gasteiger partial charge in [0, 0.05) is 18.5 Å². The van der Waals surface area contributed by atoms with Gasteiger partial charge in [0.05, 0.1) is 0 Å². The van der Waals surface area contributed by atoms with E-state index >= 15 is 0 Å². The fourth-order valence-corrected chi connectivity index (χ4v) is 1.30. The molecule has 0 heterocycles. The standard InChI is InChI=1S/C11H23NO2/c1-6-9(7-12-8(2)3)10(13)11(4,5)14/h8-9,12,14H,6-7H2,1-5H3. The molecule has 0 bridgehead atoms. The molecule has 2 N–H and O–H groups in total. The third-order valence-electron chi connectivity index (χ3n) is 2.24. The largest absolute Gasteiger partial charge is 0.383 e. The molecular weight excluding hydrogens is 178 g/mol. The van der Waals surface area contributed by atoms with Gasteiger partial charge in [-0.15, -0.1) is 0 Å². The third kappa shape index (κ3) is 4.72. The molecule has 3 heteroatoms. The van der Waals surface area contributed by atoms with Gasteiger partial charge in [0.15, 0.2) is 5.78 Å². The molecule has 0 rings (SSSR count). The second kappa shape index (κ2) is 5.47. The molecule has 0 saturated heterocycles. The van der Waals surface area contributed by atoms with Crippen molar-refractivity contribution >= 4 is 5.78 Å². The highest BCUT2D eigenvalue weighted by Crippen LogP contribution is 2.14. The molecule has 0 aliphatic heterocycles. The van der Waals surface area contributed by atoms with Crippen molar-refractivity contribution < 1.29 is 9.90 Å². The number of ketones is 1. The van der Waals surface area contributed by atoms with Gasteiger partial charge in [-0.1, -0.05) is 20.8 Å². The molecule has 0 amide bonds. The topological polar surface area (TPSA) is 49.3 Å². The molecule has 3 nitrogen and oxygen atoms in total. The average Bonchev–Trinajstić information content (AvgIpc) is 2.03. The Kier molecular flexibility index (Phi) is 5.31. The number of carbonyl (C=O) groups excluding carboxylic acids is 1. The van der Waals surface area contributed by atoms with Gasteiger partial charge in [0.25, 0.3) is 0 Å². The van der Waals surface area contributed by atoms with Crippen LogP contribution in [0.25, 0.3) is 0 Å². The van der Waals surface area contributed by atoms with Crippen LogP contribution < -0.4 is 5.32 Å². The van der Waals surface area contributed by atoms with E-state index in [4.69, 9.17) is 0 Å². The van der Waals surface area contributed by atoms with Gasteiger partial charge in [0.2, 0.25) is 0 Å². The first-order valence-corrected chi connectivity index (χ1v) is 5.29. The van der Waals surface area contributed by atoms with Crippen LogP contribution in [0.3, 0.4) is 0 Å². The molecule has 84 valence electrons. The number of hydrogen-bond acceptors (Lipinski definition) is 3. The first-order valence-electron chi connectivity index (χ1n) is 5.29. The molecule has 1 unspecified atom stereocenters. The Morgan fingerprint density at radius 3 is 2.21 bits per heavy atom. The molecule has 0 aromatic carbocycles. The maximum atomic E-state index is 11.7. The van der Waals surface area contributed by atoms with Gasteiger partial charge in [-0.3, -0.25) is 4.79 Å². The minimum atomic E-state index is -1.21. The lowest BCUT2D eigenvalue weighted by molar-refractivity contribution is -0.138. The summed E-state index contributed by atoms with van der Waals surface area (Å²) in [5.74, 6) is -0.162. The number of rotatable bonds is 6. The molecule has 0 radical (unpaired) electrons. The van der Waals surface area contributed by atoms with Crippen LogP contribution in [-0.4, -0.2) is 29.1 Å². The van der Waals surface area contributed by atoms with Gasteiger partial charge in [0.1, 0.15) is 5.60 Å². The van der Waals surface area contributed by atoms with E-state index < -0.39 is 5.60 Å². The minimum absolute atomic E-state index is 0.0758. The van der Waals surface area contributed by atoms with Crippen molar-refractivity contribution in [2.45, 2.75) is 52.7 Å². The average molecular weight is 201 g/mol. The number of carbonyl (C=O) groups is 1. The van der Waals surface area contributed by atoms with Crippen molar-refractivity contribution in [3.05, 3.63) is 0 Å². The van der Waals surface area contributed by atoms with Crippen molar-refractivity contribution in [2.24, 2.45) is 5.92 Å². The SMILES string of the molecule is CCC(CNC(C)C)C(=O)C(C)(C)O. The molecule has 14 heavy (non-hydrogen) atoms. The van der Waals surface area contributed by atoms with E-state index in [2.05, 4.69) is 5.32 Å². The van der Waals surface area contributed by atoms with Crippen molar-refractivity contribution in [1.82, 2.24) is 5.32 Å². The fraction of sp³-hybridized carbons (Fsp3) is 0.909. The smallest absolute Gasteiger partial charge is 0.168 e. The van der Waals surface area contributed by atoms with Crippen molar-refractivity contribution in [1.29, 1.82) is 0 Å². The zero-order valence-electron chi connectivity index (χ0n) is 9.92. The second-order valence-electron chi connectivity index (χ2n) is 4.59. The summed E-state index contributed by atoms with van der Waals surface area (Å²) in [6.07, 6.45) is 0.766. The van der Waals surface area contributed by atoms with E-state index in [9.17, 15) is 9.90 Å². The molecule has 0 spiro atoms. The Labute approximate surface area is 86.9 Å². The van der Waals surface area contributed by atoms with E-state index in [0.717, 1.165) is 6.42 Å². The summed E-state index contributed by atoms with van der Waals surface area (Å²) in [4.78, 5) is 11.7. The first kappa shape index (κ1) is 13.6. The maximum Gasteiger partial charge on any atom is 0.168 e. The van der Waals surface area contributed by atoms with Crippen molar-refractivity contribution in [2.75, 3.05) is 6.54 Å². The highest BCUT2D eigenvalue weighted by molar-refractivity contribution is 5.88. The quantitative estimate of drug-likeness (QED) is 0.682. The Morgan fingerprint density at radius 1 is 1.43 bits per heavy atom. The van der Waals surface area contributed by atoms with Crippen LogP contribution in [-0.2, 0) is 4.79 Å². The Bertz CT molecular complexity index is 182. The normalized spacial score (nSPS) is 14.5. The molecule has 0 aromatic rings. The predicted octanol–water partition coefficient (Wildman–Crippen LogP) is 1.35. The van der Waals surface area contributed by atoms with Crippen molar-refractivity contribution in [3.63, 3.8) is 0 Å².